The van der Waals surface area contributed by atoms with Crippen LogP contribution >= 0.6 is 0 Å². The third kappa shape index (κ3) is 3.30. The minimum absolute atomic E-state index is 0.0210. The fourth-order valence-electron chi connectivity index (χ4n) is 2.17. The predicted molar refractivity (Wildman–Crippen MR) is 66.5 cm³/mol. The molecule has 1 aliphatic heterocycles. The summed E-state index contributed by atoms with van der Waals surface area (Å²) in [5.74, 6) is -0.817. The van der Waals surface area contributed by atoms with E-state index in [4.69, 9.17) is 5.11 Å². The van der Waals surface area contributed by atoms with Crippen molar-refractivity contribution in [3.05, 3.63) is 11.9 Å². The molecule has 1 aliphatic rings. The molecular formula is C12H18N4O3. The lowest BCUT2D eigenvalue weighted by atomic mass is 10.2. The zero-order valence-corrected chi connectivity index (χ0v) is 10.9. The Labute approximate surface area is 111 Å². The van der Waals surface area contributed by atoms with E-state index in [-0.39, 0.29) is 18.4 Å². The highest BCUT2D eigenvalue weighted by Gasteiger charge is 2.25. The Bertz CT molecular complexity index is 465. The van der Waals surface area contributed by atoms with Crippen LogP contribution in [-0.2, 0) is 16.0 Å². The first-order valence-corrected chi connectivity index (χ1v) is 6.49. The van der Waals surface area contributed by atoms with Crippen LogP contribution in [0.1, 0.15) is 37.9 Å². The molecule has 1 aromatic heterocycles. The van der Waals surface area contributed by atoms with Crippen LogP contribution in [0.3, 0.4) is 0 Å². The summed E-state index contributed by atoms with van der Waals surface area (Å²) in [5, 5.41) is 16.4. The van der Waals surface area contributed by atoms with Crippen LogP contribution in [0.15, 0.2) is 6.20 Å². The minimum Gasteiger partial charge on any atom is -0.481 e. The maximum Gasteiger partial charge on any atom is 0.303 e. The topological polar surface area (TPSA) is 88.3 Å². The van der Waals surface area contributed by atoms with E-state index in [1.54, 1.807) is 13.1 Å². The van der Waals surface area contributed by atoms with Crippen LogP contribution in [0.2, 0.25) is 0 Å². The molecule has 0 aliphatic carbocycles. The predicted octanol–water partition coefficient (Wildman–Crippen LogP) is 0.479. The lowest BCUT2D eigenvalue weighted by molar-refractivity contribution is -0.137. The molecule has 0 aromatic carbocycles. The van der Waals surface area contributed by atoms with Gasteiger partial charge in [0.15, 0.2) is 0 Å². The first kappa shape index (κ1) is 13.5. The fraction of sp³-hybridized carbons (Fsp3) is 0.667. The Kier molecular flexibility index (Phi) is 4.13. The van der Waals surface area contributed by atoms with E-state index in [9.17, 15) is 9.59 Å². The van der Waals surface area contributed by atoms with Gasteiger partial charge in [-0.15, -0.1) is 5.10 Å². The number of aryl methyl sites for hydroxylation is 1. The van der Waals surface area contributed by atoms with Crippen molar-refractivity contribution in [2.75, 3.05) is 13.1 Å². The number of carboxylic acid groups (broad SMARTS) is 1. The number of likely N-dealkylation sites (tertiary alicyclic amines) is 1. The highest BCUT2D eigenvalue weighted by molar-refractivity contribution is 5.80. The summed E-state index contributed by atoms with van der Waals surface area (Å²) in [5.41, 5.74) is 0.600. The van der Waals surface area contributed by atoms with Crippen molar-refractivity contribution in [1.82, 2.24) is 19.9 Å². The minimum atomic E-state index is -0.865. The molecule has 2 heterocycles. The molecule has 0 saturated carbocycles. The molecule has 0 spiro atoms. The number of carboxylic acids is 1. The summed E-state index contributed by atoms with van der Waals surface area (Å²) >= 11 is 0. The number of nitrogens with zero attached hydrogens (tertiary/aromatic N) is 4. The molecule has 1 fully saturated rings. The second kappa shape index (κ2) is 5.81. The van der Waals surface area contributed by atoms with Gasteiger partial charge in [0.05, 0.1) is 12.1 Å². The summed E-state index contributed by atoms with van der Waals surface area (Å²) in [7, 11) is 0. The summed E-state index contributed by atoms with van der Waals surface area (Å²) in [4.78, 5) is 24.5. The molecule has 1 atom stereocenters. The summed E-state index contributed by atoms with van der Waals surface area (Å²) in [6.07, 6.45) is 4.12. The van der Waals surface area contributed by atoms with Crippen molar-refractivity contribution in [2.24, 2.45) is 0 Å². The largest absolute Gasteiger partial charge is 0.481 e. The van der Waals surface area contributed by atoms with E-state index >= 15 is 0 Å². The molecule has 7 nitrogen and oxygen atoms in total. The van der Waals surface area contributed by atoms with Gasteiger partial charge in [-0.3, -0.25) is 9.59 Å². The van der Waals surface area contributed by atoms with Crippen LogP contribution < -0.4 is 0 Å². The number of aliphatic carboxylic acids is 1. The molecule has 1 N–H and O–H groups in total. The van der Waals surface area contributed by atoms with E-state index in [1.807, 2.05) is 4.90 Å². The van der Waals surface area contributed by atoms with Gasteiger partial charge in [-0.25, -0.2) is 4.68 Å². The molecule has 19 heavy (non-hydrogen) atoms. The van der Waals surface area contributed by atoms with Crippen LogP contribution in [0.4, 0.5) is 0 Å². The van der Waals surface area contributed by atoms with Crippen molar-refractivity contribution in [1.29, 1.82) is 0 Å². The number of carbonyl (C=O) groups excluding carboxylic acids is 1. The zero-order valence-electron chi connectivity index (χ0n) is 10.9. The second-order valence-corrected chi connectivity index (χ2v) is 4.79. The highest BCUT2D eigenvalue weighted by Crippen LogP contribution is 2.15. The Hall–Kier alpha value is -1.92. The molecule has 7 heteroatoms. The monoisotopic (exact) mass is 266 g/mol. The molecule has 2 rings (SSSR count). The van der Waals surface area contributed by atoms with Gasteiger partial charge in [-0.2, -0.15) is 0 Å². The standard InChI is InChI=1S/C12H18N4O3/c1-9(12(19)15-6-2-3-7-15)16-8-10(13-14-16)4-5-11(17)18/h8-9H,2-7H2,1H3,(H,17,18). The molecule has 104 valence electrons. The molecule has 1 saturated heterocycles. The Morgan fingerprint density at radius 3 is 2.74 bits per heavy atom. The first-order chi connectivity index (χ1) is 9.08. The maximum absolute atomic E-state index is 12.2. The summed E-state index contributed by atoms with van der Waals surface area (Å²) in [6, 6.07) is -0.385. The number of rotatable bonds is 5. The van der Waals surface area contributed by atoms with Gasteiger partial charge in [0.2, 0.25) is 5.91 Å². The maximum atomic E-state index is 12.2. The molecule has 1 aromatic rings. The van der Waals surface area contributed by atoms with Gasteiger partial charge in [-0.05, 0) is 19.8 Å². The van der Waals surface area contributed by atoms with Crippen LogP contribution in [0, 0.1) is 0 Å². The fourth-order valence-corrected chi connectivity index (χ4v) is 2.17. The second-order valence-electron chi connectivity index (χ2n) is 4.79. The third-order valence-corrected chi connectivity index (χ3v) is 3.32. The normalized spacial score (nSPS) is 16.6. The van der Waals surface area contributed by atoms with Crippen molar-refractivity contribution < 1.29 is 14.7 Å². The zero-order chi connectivity index (χ0) is 13.8. The quantitative estimate of drug-likeness (QED) is 0.837. The van der Waals surface area contributed by atoms with E-state index < -0.39 is 5.97 Å². The van der Waals surface area contributed by atoms with Crippen molar-refractivity contribution in [3.63, 3.8) is 0 Å². The Balaban J connectivity index is 1.96. The highest BCUT2D eigenvalue weighted by atomic mass is 16.4. The third-order valence-electron chi connectivity index (χ3n) is 3.32. The van der Waals surface area contributed by atoms with Gasteiger partial charge >= 0.3 is 5.97 Å². The van der Waals surface area contributed by atoms with Gasteiger partial charge in [0.25, 0.3) is 0 Å². The lowest BCUT2D eigenvalue weighted by Crippen LogP contribution is -2.34. The molecule has 1 amide bonds. The van der Waals surface area contributed by atoms with Crippen molar-refractivity contribution in [3.8, 4) is 0 Å². The molecule has 1 unspecified atom stereocenters. The number of aromatic nitrogens is 3. The van der Waals surface area contributed by atoms with Crippen molar-refractivity contribution >= 4 is 11.9 Å². The molecule has 0 bridgehead atoms. The SMILES string of the molecule is CC(C(=O)N1CCCC1)n1cc(CCC(=O)O)nn1. The average molecular weight is 266 g/mol. The van der Waals surface area contributed by atoms with Gasteiger partial charge in [0, 0.05) is 25.7 Å². The number of amides is 1. The molecular weight excluding hydrogens is 248 g/mol. The van der Waals surface area contributed by atoms with Gasteiger partial charge in [-0.1, -0.05) is 5.21 Å². The summed E-state index contributed by atoms with van der Waals surface area (Å²) < 4.78 is 1.51. The number of hydrogen-bond donors (Lipinski definition) is 1. The number of hydrogen-bond acceptors (Lipinski definition) is 4. The lowest BCUT2D eigenvalue weighted by Gasteiger charge is -2.19. The Morgan fingerprint density at radius 1 is 1.42 bits per heavy atom. The first-order valence-electron chi connectivity index (χ1n) is 6.49. The van der Waals surface area contributed by atoms with Crippen LogP contribution in [0.5, 0.6) is 0 Å². The van der Waals surface area contributed by atoms with E-state index in [1.165, 1.54) is 4.68 Å². The van der Waals surface area contributed by atoms with Gasteiger partial charge < -0.3 is 10.0 Å². The van der Waals surface area contributed by atoms with E-state index in [0.29, 0.717) is 12.1 Å². The average Bonchev–Trinajstić information content (AvgIpc) is 3.05. The smallest absolute Gasteiger partial charge is 0.303 e. The van der Waals surface area contributed by atoms with Crippen LogP contribution in [0.25, 0.3) is 0 Å². The summed E-state index contributed by atoms with van der Waals surface area (Å²) in [6.45, 7) is 3.41. The van der Waals surface area contributed by atoms with Gasteiger partial charge in [0.1, 0.15) is 6.04 Å². The van der Waals surface area contributed by atoms with Crippen molar-refractivity contribution in [2.45, 2.75) is 38.6 Å². The van der Waals surface area contributed by atoms with E-state index in [2.05, 4.69) is 10.3 Å². The van der Waals surface area contributed by atoms with E-state index in [0.717, 1.165) is 25.9 Å². The number of carbonyl (C=O) groups is 2. The van der Waals surface area contributed by atoms with Crippen LogP contribution in [-0.4, -0.2) is 50.0 Å². The Morgan fingerprint density at radius 2 is 2.11 bits per heavy atom. The molecule has 0 radical (unpaired) electrons.